The summed E-state index contributed by atoms with van der Waals surface area (Å²) in [6.07, 6.45) is -0.661. The van der Waals surface area contributed by atoms with Crippen molar-refractivity contribution < 1.29 is 28.7 Å². The molecule has 1 aromatic carbocycles. The first kappa shape index (κ1) is 25.2. The van der Waals surface area contributed by atoms with Crippen LogP contribution in [0.15, 0.2) is 18.2 Å². The minimum Gasteiger partial charge on any atom is -0.444 e. The summed E-state index contributed by atoms with van der Waals surface area (Å²) in [6, 6.07) is 4.58. The number of rotatable bonds is 5. The molecule has 184 valence electrons. The molecule has 3 rings (SSSR count). The molecule has 2 aliphatic heterocycles. The van der Waals surface area contributed by atoms with E-state index in [-0.39, 0.29) is 41.7 Å². The van der Waals surface area contributed by atoms with E-state index in [0.29, 0.717) is 43.9 Å². The van der Waals surface area contributed by atoms with Gasteiger partial charge in [-0.1, -0.05) is 13.8 Å². The molecule has 0 unspecified atom stereocenters. The number of alkyl carbamates (subject to hydrolysis) is 1. The Morgan fingerprint density at radius 1 is 0.971 bits per heavy atom. The van der Waals surface area contributed by atoms with Gasteiger partial charge >= 0.3 is 6.09 Å². The lowest BCUT2D eigenvalue weighted by Gasteiger charge is -2.35. The molecule has 1 saturated heterocycles. The Balaban J connectivity index is 1.56. The van der Waals surface area contributed by atoms with Crippen LogP contribution in [0, 0.1) is 5.92 Å². The molecular formula is C24H32N4O6. The fourth-order valence-corrected chi connectivity index (χ4v) is 3.87. The average Bonchev–Trinajstić information content (AvgIpc) is 3.00. The van der Waals surface area contributed by atoms with Crippen molar-refractivity contribution in [3.8, 4) is 0 Å². The first-order chi connectivity index (χ1) is 15.9. The predicted octanol–water partition coefficient (Wildman–Crippen LogP) is 1.75. The number of amides is 5. The van der Waals surface area contributed by atoms with Gasteiger partial charge in [0, 0.05) is 38.3 Å². The lowest BCUT2D eigenvalue weighted by molar-refractivity contribution is -0.131. The molecule has 0 aliphatic carbocycles. The summed E-state index contributed by atoms with van der Waals surface area (Å²) in [5, 5.41) is 2.45. The Bertz CT molecular complexity index is 1010. The lowest BCUT2D eigenvalue weighted by Crippen LogP contribution is -2.52. The standard InChI is InChI=1S/C24H32N4O6/c1-15(2)14-28-21(31)17-7-6-16(12-18(17)22(28)32)20(30)27-10-8-26(9-11-27)19(29)13-25-23(33)34-24(3,4)5/h6-7,12,15H,8-11,13-14H2,1-5H3,(H,25,33). The van der Waals surface area contributed by atoms with Gasteiger partial charge in [-0.25, -0.2) is 4.79 Å². The lowest BCUT2D eigenvalue weighted by atomic mass is 10.0. The van der Waals surface area contributed by atoms with Gasteiger partial charge in [0.25, 0.3) is 17.7 Å². The van der Waals surface area contributed by atoms with E-state index in [1.165, 1.54) is 17.0 Å². The maximum atomic E-state index is 13.0. The second-order valence-corrected chi connectivity index (χ2v) is 9.90. The molecule has 2 heterocycles. The van der Waals surface area contributed by atoms with E-state index in [1.807, 2.05) is 13.8 Å². The molecule has 2 aliphatic rings. The topological polar surface area (TPSA) is 116 Å². The summed E-state index contributed by atoms with van der Waals surface area (Å²) >= 11 is 0. The molecule has 34 heavy (non-hydrogen) atoms. The van der Waals surface area contributed by atoms with E-state index in [1.54, 1.807) is 36.6 Å². The smallest absolute Gasteiger partial charge is 0.408 e. The van der Waals surface area contributed by atoms with Crippen molar-refractivity contribution in [2.24, 2.45) is 5.92 Å². The van der Waals surface area contributed by atoms with Gasteiger partial charge in [-0.3, -0.25) is 24.1 Å². The van der Waals surface area contributed by atoms with Crippen LogP contribution >= 0.6 is 0 Å². The maximum absolute atomic E-state index is 13.0. The fraction of sp³-hybridized carbons (Fsp3) is 0.542. The summed E-state index contributed by atoms with van der Waals surface area (Å²) in [7, 11) is 0. The molecule has 10 heteroatoms. The third-order valence-corrected chi connectivity index (χ3v) is 5.47. The van der Waals surface area contributed by atoms with Crippen molar-refractivity contribution in [2.75, 3.05) is 39.3 Å². The molecule has 0 saturated carbocycles. The summed E-state index contributed by atoms with van der Waals surface area (Å²) in [5.41, 5.74) is 0.243. The molecule has 1 fully saturated rings. The van der Waals surface area contributed by atoms with Crippen molar-refractivity contribution in [2.45, 2.75) is 40.2 Å². The summed E-state index contributed by atoms with van der Waals surface area (Å²) in [6.45, 7) is 10.5. The highest BCUT2D eigenvalue weighted by Crippen LogP contribution is 2.25. The average molecular weight is 473 g/mol. The highest BCUT2D eigenvalue weighted by atomic mass is 16.6. The highest BCUT2D eigenvalue weighted by molar-refractivity contribution is 6.22. The van der Waals surface area contributed by atoms with Crippen molar-refractivity contribution in [3.63, 3.8) is 0 Å². The first-order valence-corrected chi connectivity index (χ1v) is 11.4. The minimum absolute atomic E-state index is 0.140. The van der Waals surface area contributed by atoms with Crippen LogP contribution in [-0.4, -0.2) is 89.3 Å². The van der Waals surface area contributed by atoms with Crippen molar-refractivity contribution in [1.82, 2.24) is 20.0 Å². The number of nitrogens with one attached hydrogen (secondary N) is 1. The molecule has 0 radical (unpaired) electrons. The Kier molecular flexibility index (Phi) is 7.28. The molecule has 0 spiro atoms. The van der Waals surface area contributed by atoms with E-state index < -0.39 is 11.7 Å². The third kappa shape index (κ3) is 5.73. The van der Waals surface area contributed by atoms with E-state index in [2.05, 4.69) is 5.32 Å². The van der Waals surface area contributed by atoms with Gasteiger partial charge in [0.05, 0.1) is 11.1 Å². The van der Waals surface area contributed by atoms with Crippen LogP contribution in [0.1, 0.15) is 65.7 Å². The van der Waals surface area contributed by atoms with Crippen molar-refractivity contribution in [1.29, 1.82) is 0 Å². The third-order valence-electron chi connectivity index (χ3n) is 5.47. The quantitative estimate of drug-likeness (QED) is 0.653. The van der Waals surface area contributed by atoms with E-state index in [0.717, 1.165) is 0 Å². The second kappa shape index (κ2) is 9.82. The number of carbonyl (C=O) groups is 5. The number of nitrogens with zero attached hydrogens (tertiary/aromatic N) is 3. The zero-order chi connectivity index (χ0) is 25.2. The second-order valence-electron chi connectivity index (χ2n) is 9.90. The zero-order valence-corrected chi connectivity index (χ0v) is 20.3. The van der Waals surface area contributed by atoms with Crippen LogP contribution in [0.25, 0.3) is 0 Å². The molecule has 0 atom stereocenters. The number of carbonyl (C=O) groups excluding carboxylic acids is 5. The maximum Gasteiger partial charge on any atom is 0.408 e. The van der Waals surface area contributed by atoms with E-state index >= 15 is 0 Å². The number of ether oxygens (including phenoxy) is 1. The van der Waals surface area contributed by atoms with Gasteiger partial charge in [0.2, 0.25) is 5.91 Å². The molecule has 10 nitrogen and oxygen atoms in total. The molecule has 0 aromatic heterocycles. The van der Waals surface area contributed by atoms with Crippen molar-refractivity contribution >= 4 is 29.7 Å². The van der Waals surface area contributed by atoms with Gasteiger partial charge < -0.3 is 19.9 Å². The van der Waals surface area contributed by atoms with Gasteiger partial charge in [0.15, 0.2) is 0 Å². The van der Waals surface area contributed by atoms with E-state index in [9.17, 15) is 24.0 Å². The summed E-state index contributed by atoms with van der Waals surface area (Å²) < 4.78 is 5.12. The Hall–Kier alpha value is -3.43. The molecular weight excluding hydrogens is 440 g/mol. The molecule has 1 aromatic rings. The van der Waals surface area contributed by atoms with Crippen LogP contribution in [0.2, 0.25) is 0 Å². The predicted molar refractivity (Wildman–Crippen MR) is 123 cm³/mol. The number of piperazine rings is 1. The molecule has 5 amide bonds. The van der Waals surface area contributed by atoms with Crippen LogP contribution in [0.4, 0.5) is 4.79 Å². The van der Waals surface area contributed by atoms with Crippen LogP contribution in [-0.2, 0) is 9.53 Å². The van der Waals surface area contributed by atoms with Gasteiger partial charge in [-0.2, -0.15) is 0 Å². The summed E-state index contributed by atoms with van der Waals surface area (Å²) in [4.78, 5) is 66.8. The monoisotopic (exact) mass is 472 g/mol. The highest BCUT2D eigenvalue weighted by Gasteiger charge is 2.36. The number of imide groups is 1. The number of fused-ring (bicyclic) bond motifs is 1. The SMILES string of the molecule is CC(C)CN1C(=O)c2ccc(C(=O)N3CCN(C(=O)CNC(=O)OC(C)(C)C)CC3)cc2C1=O. The Morgan fingerprint density at radius 2 is 1.56 bits per heavy atom. The Labute approximate surface area is 199 Å². The Morgan fingerprint density at radius 3 is 2.15 bits per heavy atom. The largest absolute Gasteiger partial charge is 0.444 e. The summed E-state index contributed by atoms with van der Waals surface area (Å²) in [5.74, 6) is -1.09. The molecule has 1 N–H and O–H groups in total. The van der Waals surface area contributed by atoms with E-state index in [4.69, 9.17) is 4.74 Å². The van der Waals surface area contributed by atoms with Crippen LogP contribution in [0.5, 0.6) is 0 Å². The van der Waals surface area contributed by atoms with Gasteiger partial charge in [-0.05, 0) is 44.9 Å². The van der Waals surface area contributed by atoms with Crippen LogP contribution in [0.3, 0.4) is 0 Å². The molecule has 0 bridgehead atoms. The normalized spacial score (nSPS) is 16.1. The van der Waals surface area contributed by atoms with Crippen LogP contribution < -0.4 is 5.32 Å². The van der Waals surface area contributed by atoms with Gasteiger partial charge in [0.1, 0.15) is 12.1 Å². The zero-order valence-electron chi connectivity index (χ0n) is 20.3. The fourth-order valence-electron chi connectivity index (χ4n) is 3.87. The first-order valence-electron chi connectivity index (χ1n) is 11.4. The number of benzene rings is 1. The minimum atomic E-state index is -0.661. The van der Waals surface area contributed by atoms with Crippen molar-refractivity contribution in [3.05, 3.63) is 34.9 Å². The van der Waals surface area contributed by atoms with Gasteiger partial charge in [-0.15, -0.1) is 0 Å². The number of hydrogen-bond acceptors (Lipinski definition) is 6. The number of hydrogen-bond donors (Lipinski definition) is 1.